The van der Waals surface area contributed by atoms with Crippen LogP contribution in [0.1, 0.15) is 81.9 Å². The number of nitrogens with one attached hydrogen (secondary N) is 1. The van der Waals surface area contributed by atoms with Gasteiger partial charge in [0.05, 0.1) is 0 Å². The van der Waals surface area contributed by atoms with Gasteiger partial charge in [-0.15, -0.1) is 0 Å². The van der Waals surface area contributed by atoms with Crippen LogP contribution in [0.5, 0.6) is 0 Å². The smallest absolute Gasteiger partial charge is 0.219 e. The topological polar surface area (TPSA) is 63.2 Å². The molecule has 3 unspecified atom stereocenters. The zero-order valence-corrected chi connectivity index (χ0v) is 20.8. The van der Waals surface area contributed by atoms with Gasteiger partial charge in [-0.2, -0.15) is 0 Å². The van der Waals surface area contributed by atoms with Crippen LogP contribution in [0.15, 0.2) is 42.5 Å². The molecule has 180 valence electrons. The van der Waals surface area contributed by atoms with Crippen LogP contribution in [-0.4, -0.2) is 24.5 Å². The number of rotatable bonds is 11. The van der Waals surface area contributed by atoms with E-state index in [4.69, 9.17) is 0 Å². The van der Waals surface area contributed by atoms with Crippen LogP contribution in [-0.2, 0) is 20.8 Å². The lowest BCUT2D eigenvalue weighted by molar-refractivity contribution is -0.121. The summed E-state index contributed by atoms with van der Waals surface area (Å²) in [7, 11) is 1.65. The number of fused-ring (bicyclic) bond motifs is 2. The molecule has 1 aromatic carbocycles. The summed E-state index contributed by atoms with van der Waals surface area (Å²) in [5.41, 5.74) is 5.67. The maximum absolute atomic E-state index is 13.1. The maximum atomic E-state index is 13.1. The quantitative estimate of drug-likeness (QED) is 0.256. The minimum atomic E-state index is 0.0416. The minimum Gasteiger partial charge on any atom is -0.359 e. The standard InChI is InChI=1S/C30H37NO3/c1-19(17-30-18-23(30)13-11-20(30)2)28-26-16-22(12-14-25(26)21(3)29(28)34)15-24(32)9-7-5-6-8-10-27(33)31-4/h11-14,16,20,23H,3,5-10,15,17-18H2,1-2,4H3,(H,31,33)/b28-19-. The first-order valence-electron chi connectivity index (χ1n) is 12.7. The first kappa shape index (κ1) is 24.4. The van der Waals surface area contributed by atoms with E-state index in [0.717, 1.165) is 59.9 Å². The van der Waals surface area contributed by atoms with E-state index >= 15 is 0 Å². The molecule has 3 aliphatic carbocycles. The highest BCUT2D eigenvalue weighted by molar-refractivity contribution is 6.47. The number of ketones is 2. The molecule has 3 aliphatic rings. The Hall–Kier alpha value is -2.75. The van der Waals surface area contributed by atoms with Crippen molar-refractivity contribution < 1.29 is 14.4 Å². The number of unbranched alkanes of at least 4 members (excludes halogenated alkanes) is 3. The van der Waals surface area contributed by atoms with Gasteiger partial charge in [0, 0.05) is 37.5 Å². The van der Waals surface area contributed by atoms with E-state index in [2.05, 4.69) is 37.9 Å². The van der Waals surface area contributed by atoms with E-state index < -0.39 is 0 Å². The predicted molar refractivity (Wildman–Crippen MR) is 137 cm³/mol. The van der Waals surface area contributed by atoms with Crippen molar-refractivity contribution in [3.63, 3.8) is 0 Å². The van der Waals surface area contributed by atoms with Crippen molar-refractivity contribution in [1.82, 2.24) is 5.32 Å². The number of hydrogen-bond donors (Lipinski definition) is 1. The first-order valence-corrected chi connectivity index (χ1v) is 12.7. The normalized spacial score (nSPS) is 25.9. The van der Waals surface area contributed by atoms with Gasteiger partial charge >= 0.3 is 0 Å². The Morgan fingerprint density at radius 1 is 1.09 bits per heavy atom. The molecule has 4 rings (SSSR count). The van der Waals surface area contributed by atoms with Gasteiger partial charge in [-0.3, -0.25) is 14.4 Å². The number of allylic oxidation sites excluding steroid dienone is 5. The monoisotopic (exact) mass is 459 g/mol. The van der Waals surface area contributed by atoms with Crippen LogP contribution in [0.3, 0.4) is 0 Å². The third-order valence-corrected chi connectivity index (χ3v) is 8.21. The Morgan fingerprint density at radius 3 is 2.47 bits per heavy atom. The van der Waals surface area contributed by atoms with E-state index in [-0.39, 0.29) is 17.5 Å². The fourth-order valence-electron chi connectivity index (χ4n) is 5.97. The molecule has 0 heterocycles. The van der Waals surface area contributed by atoms with E-state index in [9.17, 15) is 14.4 Å². The maximum Gasteiger partial charge on any atom is 0.219 e. The van der Waals surface area contributed by atoms with Gasteiger partial charge in [-0.05, 0) is 72.6 Å². The number of carbonyl (C=O) groups is 3. The summed E-state index contributed by atoms with van der Waals surface area (Å²) in [5.74, 6) is 1.55. The summed E-state index contributed by atoms with van der Waals surface area (Å²) >= 11 is 0. The molecule has 1 aromatic rings. The summed E-state index contributed by atoms with van der Waals surface area (Å²) in [6, 6.07) is 5.98. The molecular formula is C30H37NO3. The van der Waals surface area contributed by atoms with Crippen LogP contribution in [0.4, 0.5) is 0 Å². The molecule has 34 heavy (non-hydrogen) atoms. The van der Waals surface area contributed by atoms with Crippen molar-refractivity contribution in [3.8, 4) is 0 Å². The Labute approximate surface area is 203 Å². The fourth-order valence-corrected chi connectivity index (χ4v) is 5.97. The van der Waals surface area contributed by atoms with Crippen molar-refractivity contribution in [2.45, 2.75) is 71.6 Å². The second-order valence-corrected chi connectivity index (χ2v) is 10.5. The van der Waals surface area contributed by atoms with E-state index in [1.165, 1.54) is 6.42 Å². The molecule has 1 amide bonds. The molecule has 0 spiro atoms. The second kappa shape index (κ2) is 9.85. The fraction of sp³-hybridized carbons (Fsp3) is 0.500. The van der Waals surface area contributed by atoms with E-state index in [0.29, 0.717) is 42.1 Å². The van der Waals surface area contributed by atoms with Gasteiger partial charge in [0.1, 0.15) is 5.78 Å². The SMILES string of the molecule is C=C1C(=O)/C(=C(/C)CC23CC2C=CC3C)c2cc(CC(=O)CCCCCCC(=O)NC)ccc21. The lowest BCUT2D eigenvalue weighted by atomic mass is 9.84. The lowest BCUT2D eigenvalue weighted by Gasteiger charge is -2.20. The van der Waals surface area contributed by atoms with Crippen molar-refractivity contribution in [3.05, 3.63) is 59.2 Å². The highest BCUT2D eigenvalue weighted by Gasteiger charge is 2.58. The average Bonchev–Trinajstić information content (AvgIpc) is 3.35. The molecular weight excluding hydrogens is 422 g/mol. The molecule has 0 radical (unpaired) electrons. The Bertz CT molecular complexity index is 1090. The van der Waals surface area contributed by atoms with Crippen molar-refractivity contribution in [2.75, 3.05) is 7.05 Å². The first-order chi connectivity index (χ1) is 16.3. The van der Waals surface area contributed by atoms with Crippen molar-refractivity contribution >= 4 is 28.6 Å². The third kappa shape index (κ3) is 4.73. The number of benzene rings is 1. The van der Waals surface area contributed by atoms with Crippen LogP contribution in [0, 0.1) is 17.3 Å². The largest absolute Gasteiger partial charge is 0.359 e. The molecule has 0 aliphatic heterocycles. The molecule has 1 saturated carbocycles. The molecule has 0 aromatic heterocycles. The third-order valence-electron chi connectivity index (χ3n) is 8.21. The zero-order chi connectivity index (χ0) is 24.5. The Kier molecular flexibility index (Phi) is 7.06. The van der Waals surface area contributed by atoms with Gasteiger partial charge in [0.25, 0.3) is 0 Å². The average molecular weight is 460 g/mol. The second-order valence-electron chi connectivity index (χ2n) is 10.5. The number of hydrogen-bond acceptors (Lipinski definition) is 3. The molecule has 3 atom stereocenters. The van der Waals surface area contributed by atoms with Gasteiger partial charge < -0.3 is 5.32 Å². The Morgan fingerprint density at radius 2 is 1.82 bits per heavy atom. The van der Waals surface area contributed by atoms with Crippen LogP contribution in [0.2, 0.25) is 0 Å². The Balaban J connectivity index is 1.38. The highest BCUT2D eigenvalue weighted by atomic mass is 16.1. The summed E-state index contributed by atoms with van der Waals surface area (Å²) in [6.07, 6.45) is 12.0. The number of Topliss-reactive ketones (excluding diaryl/α,β-unsaturated/α-hetero) is 2. The summed E-state index contributed by atoms with van der Waals surface area (Å²) in [5, 5.41) is 2.63. The van der Waals surface area contributed by atoms with E-state index in [1.807, 2.05) is 18.2 Å². The lowest BCUT2D eigenvalue weighted by Crippen LogP contribution is -2.16. The molecule has 0 bridgehead atoms. The van der Waals surface area contributed by atoms with E-state index in [1.54, 1.807) is 7.05 Å². The van der Waals surface area contributed by atoms with Gasteiger partial charge in [0.2, 0.25) is 5.91 Å². The molecule has 4 heteroatoms. The molecule has 4 nitrogen and oxygen atoms in total. The summed E-state index contributed by atoms with van der Waals surface area (Å²) < 4.78 is 0. The van der Waals surface area contributed by atoms with Crippen LogP contribution >= 0.6 is 0 Å². The van der Waals surface area contributed by atoms with Gasteiger partial charge in [-0.1, -0.05) is 56.2 Å². The number of carbonyl (C=O) groups excluding carboxylic acids is 3. The van der Waals surface area contributed by atoms with Crippen LogP contribution in [0.25, 0.3) is 11.1 Å². The minimum absolute atomic E-state index is 0.0416. The summed E-state index contributed by atoms with van der Waals surface area (Å²) in [4.78, 5) is 37.0. The highest BCUT2D eigenvalue weighted by Crippen LogP contribution is 2.66. The predicted octanol–water partition coefficient (Wildman–Crippen LogP) is 5.86. The zero-order valence-electron chi connectivity index (χ0n) is 20.8. The molecule has 1 fully saturated rings. The molecule has 1 N–H and O–H groups in total. The van der Waals surface area contributed by atoms with Gasteiger partial charge in [-0.25, -0.2) is 0 Å². The van der Waals surface area contributed by atoms with Crippen LogP contribution < -0.4 is 5.32 Å². The van der Waals surface area contributed by atoms with Crippen molar-refractivity contribution in [1.29, 1.82) is 0 Å². The summed E-state index contributed by atoms with van der Waals surface area (Å²) in [6.45, 7) is 8.46. The van der Waals surface area contributed by atoms with Gasteiger partial charge in [0.15, 0.2) is 5.78 Å². The van der Waals surface area contributed by atoms with Crippen molar-refractivity contribution in [2.24, 2.45) is 17.3 Å². The number of amides is 1. The molecule has 0 saturated heterocycles.